The number of aromatic nitrogens is 2. The third-order valence-electron chi connectivity index (χ3n) is 4.37. The summed E-state index contributed by atoms with van der Waals surface area (Å²) < 4.78 is 6.85. The molecule has 10 heteroatoms. The molecule has 0 spiro atoms. The first-order valence-corrected chi connectivity index (χ1v) is 10.8. The molecule has 0 aliphatic heterocycles. The Bertz CT molecular complexity index is 1210. The number of benzene rings is 2. The number of rotatable bonds is 6. The van der Waals surface area contributed by atoms with Crippen LogP contribution < -0.4 is 20.9 Å². The van der Waals surface area contributed by atoms with Gasteiger partial charge in [-0.05, 0) is 37.6 Å². The summed E-state index contributed by atoms with van der Waals surface area (Å²) in [5.74, 6) is -0.232. The maximum absolute atomic E-state index is 13.4. The van der Waals surface area contributed by atoms with Crippen molar-refractivity contribution in [3.63, 3.8) is 0 Å². The van der Waals surface area contributed by atoms with Gasteiger partial charge in [0, 0.05) is 17.6 Å². The van der Waals surface area contributed by atoms with Crippen molar-refractivity contribution in [3.8, 4) is 11.4 Å². The number of imide groups is 1. The van der Waals surface area contributed by atoms with Crippen LogP contribution in [0.15, 0.2) is 46.3 Å². The summed E-state index contributed by atoms with van der Waals surface area (Å²) in [7, 11) is 1.48. The first-order chi connectivity index (χ1) is 14.8. The number of urea groups is 1. The van der Waals surface area contributed by atoms with Crippen molar-refractivity contribution in [1.29, 1.82) is 0 Å². The first kappa shape index (κ1) is 22.6. The van der Waals surface area contributed by atoms with E-state index in [1.54, 1.807) is 43.3 Å². The van der Waals surface area contributed by atoms with Crippen LogP contribution in [-0.2, 0) is 4.79 Å². The van der Waals surface area contributed by atoms with Crippen LogP contribution in [-0.4, -0.2) is 40.9 Å². The zero-order chi connectivity index (χ0) is 22.5. The maximum Gasteiger partial charge on any atom is 0.321 e. The minimum absolute atomic E-state index is 0.114. The van der Waals surface area contributed by atoms with Crippen molar-refractivity contribution < 1.29 is 14.3 Å². The van der Waals surface area contributed by atoms with E-state index in [1.807, 2.05) is 6.92 Å². The Labute approximate surface area is 187 Å². The maximum atomic E-state index is 13.4. The Morgan fingerprint density at radius 3 is 2.71 bits per heavy atom. The minimum Gasteiger partial charge on any atom is -0.495 e. The molecule has 3 aromatic rings. The fourth-order valence-electron chi connectivity index (χ4n) is 2.91. The van der Waals surface area contributed by atoms with E-state index in [9.17, 15) is 14.4 Å². The zero-order valence-electron chi connectivity index (χ0n) is 17.2. The van der Waals surface area contributed by atoms with Crippen molar-refractivity contribution in [1.82, 2.24) is 20.2 Å². The number of ether oxygens (including phenoxy) is 1. The molecule has 0 bridgehead atoms. The molecule has 0 fully saturated rings. The number of thioether (sulfide) groups is 1. The van der Waals surface area contributed by atoms with Gasteiger partial charge >= 0.3 is 6.03 Å². The highest BCUT2D eigenvalue weighted by Gasteiger charge is 2.19. The lowest BCUT2D eigenvalue weighted by molar-refractivity contribution is -0.117. The molecule has 8 nitrogen and oxygen atoms in total. The monoisotopic (exact) mass is 460 g/mol. The van der Waals surface area contributed by atoms with Crippen LogP contribution in [0.25, 0.3) is 16.6 Å². The number of hydrogen-bond donors (Lipinski definition) is 2. The molecule has 1 heterocycles. The summed E-state index contributed by atoms with van der Waals surface area (Å²) in [4.78, 5) is 41.7. The van der Waals surface area contributed by atoms with Gasteiger partial charge in [0.2, 0.25) is 5.91 Å². The minimum atomic E-state index is -0.577. The lowest BCUT2D eigenvalue weighted by atomic mass is 10.2. The molecule has 2 N–H and O–H groups in total. The summed E-state index contributed by atoms with van der Waals surface area (Å²) in [6.45, 7) is 3.96. The second-order valence-electron chi connectivity index (χ2n) is 6.52. The van der Waals surface area contributed by atoms with Crippen LogP contribution in [0.3, 0.4) is 0 Å². The molecule has 0 saturated carbocycles. The third-order valence-corrected chi connectivity index (χ3v) is 5.71. The second kappa shape index (κ2) is 9.84. The molecule has 162 valence electrons. The molecule has 2 aromatic carbocycles. The SMILES string of the molecule is CCNC(=O)NC(=O)CSc1nc2ccccc2c(=O)n1-c1cc(C)c(Cl)cc1OC. The fraction of sp³-hybridized carbons (Fsp3) is 0.238. The molecule has 0 aliphatic carbocycles. The van der Waals surface area contributed by atoms with Crippen LogP contribution >= 0.6 is 23.4 Å². The van der Waals surface area contributed by atoms with Crippen LogP contribution in [0, 0.1) is 6.92 Å². The zero-order valence-corrected chi connectivity index (χ0v) is 18.8. The number of halogens is 1. The van der Waals surface area contributed by atoms with E-state index >= 15 is 0 Å². The van der Waals surface area contributed by atoms with Crippen molar-refractivity contribution in [2.45, 2.75) is 19.0 Å². The Balaban J connectivity index is 2.09. The molecule has 1 aromatic heterocycles. The van der Waals surface area contributed by atoms with Crippen LogP contribution in [0.5, 0.6) is 5.75 Å². The summed E-state index contributed by atoms with van der Waals surface area (Å²) in [6.07, 6.45) is 0. The van der Waals surface area contributed by atoms with Gasteiger partial charge in [0.25, 0.3) is 5.56 Å². The highest BCUT2D eigenvalue weighted by molar-refractivity contribution is 7.99. The van der Waals surface area contributed by atoms with Crippen molar-refractivity contribution >= 4 is 46.2 Å². The molecule has 0 unspecified atom stereocenters. The summed E-state index contributed by atoms with van der Waals surface area (Å²) in [6, 6.07) is 9.74. The van der Waals surface area contributed by atoms with Gasteiger partial charge < -0.3 is 10.1 Å². The van der Waals surface area contributed by atoms with Crippen molar-refractivity contribution in [2.75, 3.05) is 19.4 Å². The fourth-order valence-corrected chi connectivity index (χ4v) is 3.86. The first-order valence-electron chi connectivity index (χ1n) is 9.42. The smallest absolute Gasteiger partial charge is 0.321 e. The van der Waals surface area contributed by atoms with Gasteiger partial charge in [-0.2, -0.15) is 0 Å². The third kappa shape index (κ3) is 5.00. The van der Waals surface area contributed by atoms with Gasteiger partial charge in [0.1, 0.15) is 5.75 Å². The average Bonchev–Trinajstić information content (AvgIpc) is 2.74. The molecule has 0 radical (unpaired) electrons. The van der Waals surface area contributed by atoms with Gasteiger partial charge in [-0.3, -0.25) is 19.5 Å². The van der Waals surface area contributed by atoms with Crippen LogP contribution in [0.2, 0.25) is 5.02 Å². The van der Waals surface area contributed by atoms with Gasteiger partial charge in [-0.25, -0.2) is 9.78 Å². The van der Waals surface area contributed by atoms with E-state index in [2.05, 4.69) is 15.6 Å². The van der Waals surface area contributed by atoms with E-state index in [1.165, 1.54) is 11.7 Å². The number of nitrogens with zero attached hydrogens (tertiary/aromatic N) is 2. The van der Waals surface area contributed by atoms with E-state index in [0.717, 1.165) is 17.3 Å². The molecule has 31 heavy (non-hydrogen) atoms. The number of hydrogen-bond acceptors (Lipinski definition) is 6. The Morgan fingerprint density at radius 1 is 1.26 bits per heavy atom. The summed E-state index contributed by atoms with van der Waals surface area (Å²) in [5.41, 5.74) is 1.40. The Kier molecular flexibility index (Phi) is 7.19. The highest BCUT2D eigenvalue weighted by Crippen LogP contribution is 2.31. The average molecular weight is 461 g/mol. The number of carbonyl (C=O) groups is 2. The molecule has 3 rings (SSSR count). The van der Waals surface area contributed by atoms with E-state index in [0.29, 0.717) is 33.9 Å². The van der Waals surface area contributed by atoms with Gasteiger partial charge in [-0.1, -0.05) is 35.5 Å². The summed E-state index contributed by atoms with van der Waals surface area (Å²) in [5, 5.41) is 5.94. The molecular weight excluding hydrogens is 440 g/mol. The molecule has 0 aliphatic rings. The standard InChI is InChI=1S/C21H21ClN4O4S/c1-4-23-20(29)25-18(27)11-31-21-24-15-8-6-5-7-13(15)19(28)26(21)16-9-12(2)14(22)10-17(16)30-3/h5-10H,4,11H2,1-3H3,(H2,23,25,27,29). The number of para-hydroxylation sites is 1. The molecule has 3 amide bonds. The number of nitrogens with one attached hydrogen (secondary N) is 2. The Morgan fingerprint density at radius 2 is 2.00 bits per heavy atom. The van der Waals surface area contributed by atoms with Gasteiger partial charge in [0.15, 0.2) is 5.16 Å². The van der Waals surface area contributed by atoms with Crippen molar-refractivity contribution in [2.24, 2.45) is 0 Å². The van der Waals surface area contributed by atoms with Gasteiger partial charge in [0.05, 0.1) is 29.5 Å². The number of aryl methyl sites for hydroxylation is 1. The van der Waals surface area contributed by atoms with E-state index in [4.69, 9.17) is 16.3 Å². The lowest BCUT2D eigenvalue weighted by Gasteiger charge is -2.17. The lowest BCUT2D eigenvalue weighted by Crippen LogP contribution is -2.40. The van der Waals surface area contributed by atoms with Gasteiger partial charge in [-0.15, -0.1) is 0 Å². The highest BCUT2D eigenvalue weighted by atomic mass is 35.5. The number of methoxy groups -OCH3 is 1. The summed E-state index contributed by atoms with van der Waals surface area (Å²) >= 11 is 7.26. The molecular formula is C21H21ClN4O4S. The topological polar surface area (TPSA) is 102 Å². The molecule has 0 atom stereocenters. The van der Waals surface area contributed by atoms with Crippen molar-refractivity contribution in [3.05, 3.63) is 57.3 Å². The predicted octanol–water partition coefficient (Wildman–Crippen LogP) is 3.29. The number of carbonyl (C=O) groups excluding carboxylic acids is 2. The number of amides is 3. The second-order valence-corrected chi connectivity index (χ2v) is 7.87. The van der Waals surface area contributed by atoms with Crippen LogP contribution in [0.1, 0.15) is 12.5 Å². The quantitative estimate of drug-likeness (QED) is 0.432. The van der Waals surface area contributed by atoms with Crippen LogP contribution in [0.4, 0.5) is 4.79 Å². The van der Waals surface area contributed by atoms with E-state index in [-0.39, 0.29) is 16.5 Å². The van der Waals surface area contributed by atoms with E-state index < -0.39 is 11.9 Å². The number of fused-ring (bicyclic) bond motifs is 1. The normalized spacial score (nSPS) is 10.7. The largest absolute Gasteiger partial charge is 0.495 e. The molecule has 0 saturated heterocycles. The predicted molar refractivity (Wildman–Crippen MR) is 122 cm³/mol. The Hall–Kier alpha value is -3.04.